The molecule has 0 aliphatic rings. The van der Waals surface area contributed by atoms with Crippen molar-refractivity contribution in [2.24, 2.45) is 0 Å². The molecule has 1 amide bonds. The number of hydrogen-bond donors (Lipinski definition) is 0. The first-order valence-electron chi connectivity index (χ1n) is 9.91. The maximum Gasteiger partial charge on any atom is 0.254 e. The van der Waals surface area contributed by atoms with Crippen molar-refractivity contribution in [3.63, 3.8) is 0 Å². The van der Waals surface area contributed by atoms with Crippen LogP contribution < -0.4 is 0 Å². The van der Waals surface area contributed by atoms with Gasteiger partial charge < -0.3 is 4.90 Å². The van der Waals surface area contributed by atoms with Gasteiger partial charge in [-0.05, 0) is 54.7 Å². The molecule has 0 atom stereocenters. The summed E-state index contributed by atoms with van der Waals surface area (Å²) in [5.74, 6) is 0.0802. The Hall–Kier alpha value is -2.98. The van der Waals surface area contributed by atoms with Crippen LogP contribution >= 0.6 is 11.3 Å². The van der Waals surface area contributed by atoms with Crippen molar-refractivity contribution in [2.75, 3.05) is 6.54 Å². The number of carbonyl (C=O) groups is 1. The van der Waals surface area contributed by atoms with Gasteiger partial charge in [0.1, 0.15) is 0 Å². The topological polar surface area (TPSA) is 33.2 Å². The lowest BCUT2D eigenvalue weighted by Crippen LogP contribution is -2.32. The molecule has 0 fully saturated rings. The summed E-state index contributed by atoms with van der Waals surface area (Å²) in [6, 6.07) is 24.6. The predicted octanol–water partition coefficient (Wildman–Crippen LogP) is 5.88. The van der Waals surface area contributed by atoms with Gasteiger partial charge in [0.05, 0.1) is 15.7 Å². The molecule has 0 N–H and O–H groups in total. The second-order valence-corrected chi connectivity index (χ2v) is 8.16. The van der Waals surface area contributed by atoms with Gasteiger partial charge >= 0.3 is 0 Å². The number of carbonyl (C=O) groups excluding carboxylic acids is 1. The molecule has 0 saturated heterocycles. The number of thiazole rings is 1. The van der Waals surface area contributed by atoms with Crippen LogP contribution in [0.4, 0.5) is 0 Å². The summed E-state index contributed by atoms with van der Waals surface area (Å²) in [7, 11) is 0. The van der Waals surface area contributed by atoms with Crippen LogP contribution in [0.2, 0.25) is 0 Å². The number of benzene rings is 3. The van der Waals surface area contributed by atoms with E-state index in [9.17, 15) is 4.79 Å². The Labute approximate surface area is 175 Å². The minimum absolute atomic E-state index is 0.0802. The van der Waals surface area contributed by atoms with Gasteiger partial charge in [0.15, 0.2) is 0 Å². The smallest absolute Gasteiger partial charge is 0.254 e. The molecule has 0 unspecified atom stereocenters. The third-order valence-corrected chi connectivity index (χ3v) is 6.02. The zero-order valence-corrected chi connectivity index (χ0v) is 17.4. The monoisotopic (exact) mass is 400 g/mol. The molecule has 4 rings (SSSR count). The SMILES string of the molecule is Cc1ccccc1CN(CCCc1ccccc1)C(=O)c1ccc2ncsc2c1. The van der Waals surface area contributed by atoms with E-state index in [-0.39, 0.29) is 5.91 Å². The van der Waals surface area contributed by atoms with E-state index in [1.165, 1.54) is 16.7 Å². The second-order valence-electron chi connectivity index (χ2n) is 7.28. The second kappa shape index (κ2) is 9.01. The molecule has 1 heterocycles. The lowest BCUT2D eigenvalue weighted by molar-refractivity contribution is 0.0741. The molecule has 0 aliphatic heterocycles. The Morgan fingerprint density at radius 1 is 1.00 bits per heavy atom. The standard InChI is InChI=1S/C25H24N2OS/c1-19-8-5-6-12-22(19)17-27(15-7-11-20-9-3-2-4-10-20)25(28)21-13-14-23-24(16-21)29-18-26-23/h2-6,8-10,12-14,16,18H,7,11,15,17H2,1H3. The van der Waals surface area contributed by atoms with Gasteiger partial charge in [-0.2, -0.15) is 0 Å². The Bertz CT molecular complexity index is 1100. The van der Waals surface area contributed by atoms with Crippen LogP contribution in [0.1, 0.15) is 33.5 Å². The van der Waals surface area contributed by atoms with E-state index in [2.05, 4.69) is 48.3 Å². The minimum atomic E-state index is 0.0802. The molecule has 3 aromatic carbocycles. The zero-order valence-electron chi connectivity index (χ0n) is 16.5. The highest BCUT2D eigenvalue weighted by Crippen LogP contribution is 2.21. The number of rotatable bonds is 7. The maximum absolute atomic E-state index is 13.4. The lowest BCUT2D eigenvalue weighted by atomic mass is 10.1. The van der Waals surface area contributed by atoms with Gasteiger partial charge in [-0.1, -0.05) is 54.6 Å². The Morgan fingerprint density at radius 3 is 2.62 bits per heavy atom. The van der Waals surface area contributed by atoms with Gasteiger partial charge in [0.2, 0.25) is 0 Å². The van der Waals surface area contributed by atoms with E-state index < -0.39 is 0 Å². The molecule has 4 heteroatoms. The Balaban J connectivity index is 1.54. The fourth-order valence-electron chi connectivity index (χ4n) is 3.53. The van der Waals surface area contributed by atoms with Gasteiger partial charge in [0.25, 0.3) is 5.91 Å². The van der Waals surface area contributed by atoms with Crippen LogP contribution in [-0.4, -0.2) is 22.3 Å². The molecular formula is C25H24N2OS. The Morgan fingerprint density at radius 2 is 1.79 bits per heavy atom. The first-order chi connectivity index (χ1) is 14.2. The number of aryl methyl sites for hydroxylation is 2. The van der Waals surface area contributed by atoms with Crippen molar-refractivity contribution in [3.8, 4) is 0 Å². The average molecular weight is 401 g/mol. The third-order valence-electron chi connectivity index (χ3n) is 5.22. The highest BCUT2D eigenvalue weighted by atomic mass is 32.1. The van der Waals surface area contributed by atoms with Gasteiger partial charge in [-0.25, -0.2) is 4.98 Å². The van der Waals surface area contributed by atoms with Crippen LogP contribution in [0, 0.1) is 6.92 Å². The zero-order chi connectivity index (χ0) is 20.1. The number of hydrogen-bond acceptors (Lipinski definition) is 3. The molecule has 0 saturated carbocycles. The molecule has 0 bridgehead atoms. The molecule has 0 radical (unpaired) electrons. The molecular weight excluding hydrogens is 376 g/mol. The molecule has 146 valence electrons. The molecule has 1 aromatic heterocycles. The van der Waals surface area contributed by atoms with E-state index in [0.29, 0.717) is 6.54 Å². The van der Waals surface area contributed by atoms with E-state index in [1.807, 2.05) is 46.8 Å². The van der Waals surface area contributed by atoms with Crippen molar-refractivity contribution >= 4 is 27.5 Å². The summed E-state index contributed by atoms with van der Waals surface area (Å²) in [5.41, 5.74) is 7.22. The number of fused-ring (bicyclic) bond motifs is 1. The summed E-state index contributed by atoms with van der Waals surface area (Å²) in [6.45, 7) is 3.45. The van der Waals surface area contributed by atoms with E-state index in [4.69, 9.17) is 0 Å². The Kier molecular flexibility index (Phi) is 6.01. The summed E-state index contributed by atoms with van der Waals surface area (Å²) in [5, 5.41) is 0. The average Bonchev–Trinajstić information content (AvgIpc) is 3.22. The van der Waals surface area contributed by atoms with Crippen molar-refractivity contribution in [1.82, 2.24) is 9.88 Å². The quantitative estimate of drug-likeness (QED) is 0.388. The van der Waals surface area contributed by atoms with Crippen molar-refractivity contribution < 1.29 is 4.79 Å². The fourth-order valence-corrected chi connectivity index (χ4v) is 4.25. The van der Waals surface area contributed by atoms with Crippen molar-refractivity contribution in [1.29, 1.82) is 0 Å². The molecule has 4 aromatic rings. The molecule has 29 heavy (non-hydrogen) atoms. The summed E-state index contributed by atoms with van der Waals surface area (Å²) >= 11 is 1.57. The first-order valence-corrected chi connectivity index (χ1v) is 10.8. The van der Waals surface area contributed by atoms with Crippen molar-refractivity contribution in [3.05, 3.63) is 101 Å². The number of aromatic nitrogens is 1. The first kappa shape index (κ1) is 19.3. The highest BCUT2D eigenvalue weighted by Gasteiger charge is 2.17. The van der Waals surface area contributed by atoms with Gasteiger partial charge in [0, 0.05) is 18.7 Å². The summed E-state index contributed by atoms with van der Waals surface area (Å²) in [6.07, 6.45) is 1.90. The number of nitrogens with zero attached hydrogens (tertiary/aromatic N) is 2. The van der Waals surface area contributed by atoms with Crippen LogP contribution in [0.3, 0.4) is 0 Å². The van der Waals surface area contributed by atoms with Crippen LogP contribution in [0.25, 0.3) is 10.2 Å². The fraction of sp³-hybridized carbons (Fsp3) is 0.200. The largest absolute Gasteiger partial charge is 0.334 e. The summed E-state index contributed by atoms with van der Waals surface area (Å²) in [4.78, 5) is 19.7. The normalized spacial score (nSPS) is 10.9. The van der Waals surface area contributed by atoms with Gasteiger partial charge in [-0.15, -0.1) is 11.3 Å². The predicted molar refractivity (Wildman–Crippen MR) is 120 cm³/mol. The van der Waals surface area contributed by atoms with Crippen LogP contribution in [-0.2, 0) is 13.0 Å². The number of amides is 1. The van der Waals surface area contributed by atoms with E-state index in [0.717, 1.165) is 35.2 Å². The molecule has 3 nitrogen and oxygen atoms in total. The van der Waals surface area contributed by atoms with Crippen LogP contribution in [0.5, 0.6) is 0 Å². The lowest BCUT2D eigenvalue weighted by Gasteiger charge is -2.24. The van der Waals surface area contributed by atoms with Gasteiger partial charge in [-0.3, -0.25) is 4.79 Å². The molecule has 0 spiro atoms. The van der Waals surface area contributed by atoms with Crippen LogP contribution in [0.15, 0.2) is 78.3 Å². The van der Waals surface area contributed by atoms with E-state index in [1.54, 1.807) is 11.3 Å². The summed E-state index contributed by atoms with van der Waals surface area (Å²) < 4.78 is 1.05. The third kappa shape index (κ3) is 4.72. The maximum atomic E-state index is 13.4. The van der Waals surface area contributed by atoms with E-state index >= 15 is 0 Å². The minimum Gasteiger partial charge on any atom is -0.334 e. The van der Waals surface area contributed by atoms with Crippen molar-refractivity contribution in [2.45, 2.75) is 26.3 Å². The highest BCUT2D eigenvalue weighted by molar-refractivity contribution is 7.16. The molecule has 0 aliphatic carbocycles.